The topological polar surface area (TPSA) is 30.5 Å². The van der Waals surface area contributed by atoms with Crippen LogP contribution >= 0.6 is 22.6 Å². The van der Waals surface area contributed by atoms with Crippen LogP contribution in [0.2, 0.25) is 0 Å². The van der Waals surface area contributed by atoms with Crippen molar-refractivity contribution in [2.24, 2.45) is 0 Å². The van der Waals surface area contributed by atoms with Crippen LogP contribution in [-0.2, 0) is 11.3 Å². The van der Waals surface area contributed by atoms with Gasteiger partial charge in [-0.15, -0.1) is 0 Å². The van der Waals surface area contributed by atoms with E-state index in [4.69, 9.17) is 9.47 Å². The van der Waals surface area contributed by atoms with Crippen LogP contribution in [0.25, 0.3) is 0 Å². The van der Waals surface area contributed by atoms with E-state index in [0.717, 1.165) is 9.13 Å². The van der Waals surface area contributed by atoms with Crippen molar-refractivity contribution in [3.63, 3.8) is 0 Å². The number of methoxy groups -OCH3 is 1. The average Bonchev–Trinajstić information content (AvgIpc) is 2.49. The largest absolute Gasteiger partial charge is 0.453 e. The van der Waals surface area contributed by atoms with E-state index in [1.54, 1.807) is 13.2 Å². The molecule has 0 aliphatic rings. The van der Waals surface area contributed by atoms with Crippen LogP contribution in [-0.4, -0.2) is 20.3 Å². The Hall–Kier alpha value is -1.18. The van der Waals surface area contributed by atoms with E-state index in [2.05, 4.69) is 27.9 Å². The fourth-order valence-electron chi connectivity index (χ4n) is 1.84. The van der Waals surface area contributed by atoms with Crippen LogP contribution in [0.4, 0.5) is 4.39 Å². The number of halogens is 2. The Morgan fingerprint density at radius 1 is 1.14 bits per heavy atom. The van der Waals surface area contributed by atoms with Crippen molar-refractivity contribution in [1.82, 2.24) is 5.32 Å². The Morgan fingerprint density at radius 3 is 2.71 bits per heavy atom. The molecule has 0 saturated heterocycles. The van der Waals surface area contributed by atoms with E-state index in [0.29, 0.717) is 25.4 Å². The molecule has 0 amide bonds. The number of hydrogen-bond acceptors (Lipinski definition) is 3. The zero-order chi connectivity index (χ0) is 15.1. The molecular weight excluding hydrogens is 384 g/mol. The van der Waals surface area contributed by atoms with Gasteiger partial charge in [0.25, 0.3) is 0 Å². The van der Waals surface area contributed by atoms with Gasteiger partial charge in [-0.25, -0.2) is 4.39 Å². The highest BCUT2D eigenvalue weighted by atomic mass is 127. The molecule has 0 atom stereocenters. The van der Waals surface area contributed by atoms with Crippen LogP contribution in [0.5, 0.6) is 11.5 Å². The van der Waals surface area contributed by atoms with Gasteiger partial charge in [0, 0.05) is 25.8 Å². The molecule has 21 heavy (non-hydrogen) atoms. The van der Waals surface area contributed by atoms with Crippen molar-refractivity contribution in [2.45, 2.75) is 6.54 Å². The van der Waals surface area contributed by atoms with Crippen molar-refractivity contribution < 1.29 is 13.9 Å². The molecule has 2 aromatic rings. The summed E-state index contributed by atoms with van der Waals surface area (Å²) in [6.07, 6.45) is 0. The molecular formula is C16H17FINO2. The molecule has 0 aromatic heterocycles. The van der Waals surface area contributed by atoms with Gasteiger partial charge in [0.1, 0.15) is 5.75 Å². The van der Waals surface area contributed by atoms with Gasteiger partial charge in [-0.05, 0) is 40.8 Å². The molecule has 0 fully saturated rings. The van der Waals surface area contributed by atoms with Crippen molar-refractivity contribution in [2.75, 3.05) is 20.3 Å². The number of hydrogen-bond donors (Lipinski definition) is 1. The third-order valence-corrected chi connectivity index (χ3v) is 3.79. The van der Waals surface area contributed by atoms with Gasteiger partial charge in [-0.3, -0.25) is 0 Å². The zero-order valence-electron chi connectivity index (χ0n) is 11.7. The van der Waals surface area contributed by atoms with E-state index in [1.807, 2.05) is 30.3 Å². The minimum absolute atomic E-state index is 0.270. The van der Waals surface area contributed by atoms with Gasteiger partial charge in [0.2, 0.25) is 0 Å². The lowest BCUT2D eigenvalue weighted by Crippen LogP contribution is -2.19. The molecule has 2 aromatic carbocycles. The third kappa shape index (κ3) is 4.66. The molecule has 0 bridgehead atoms. The second kappa shape index (κ2) is 8.31. The summed E-state index contributed by atoms with van der Waals surface area (Å²) in [6.45, 7) is 1.84. The molecule has 3 nitrogen and oxygen atoms in total. The van der Waals surface area contributed by atoms with Gasteiger partial charge in [-0.1, -0.05) is 24.3 Å². The number of benzene rings is 2. The maximum atomic E-state index is 14.1. The van der Waals surface area contributed by atoms with Crippen molar-refractivity contribution >= 4 is 22.6 Å². The van der Waals surface area contributed by atoms with Crippen LogP contribution in [0, 0.1) is 9.39 Å². The van der Waals surface area contributed by atoms with Gasteiger partial charge >= 0.3 is 0 Å². The molecule has 5 heteroatoms. The molecule has 0 aliphatic heterocycles. The van der Waals surface area contributed by atoms with Crippen LogP contribution in [0.15, 0.2) is 42.5 Å². The zero-order valence-corrected chi connectivity index (χ0v) is 13.9. The molecule has 0 aliphatic carbocycles. The van der Waals surface area contributed by atoms with Crippen molar-refractivity contribution in [1.29, 1.82) is 0 Å². The minimum Gasteiger partial charge on any atom is -0.453 e. The van der Waals surface area contributed by atoms with Crippen molar-refractivity contribution in [3.8, 4) is 11.5 Å². The lowest BCUT2D eigenvalue weighted by atomic mass is 10.2. The smallest absolute Gasteiger partial charge is 0.167 e. The van der Waals surface area contributed by atoms with Crippen LogP contribution in [0.3, 0.4) is 0 Å². The highest BCUT2D eigenvalue weighted by Crippen LogP contribution is 2.31. The number of rotatable bonds is 7. The number of nitrogens with one attached hydrogen (secondary N) is 1. The standard InChI is InChI=1S/C16H17FINO2/c1-20-10-9-19-11-12-5-4-6-13(17)16(12)21-15-8-3-2-7-14(15)18/h2-8,19H,9-11H2,1H3. The molecule has 2 rings (SSSR count). The lowest BCUT2D eigenvalue weighted by molar-refractivity contribution is 0.199. The normalized spacial score (nSPS) is 10.6. The highest BCUT2D eigenvalue weighted by Gasteiger charge is 2.12. The summed E-state index contributed by atoms with van der Waals surface area (Å²) in [6, 6.07) is 12.5. The van der Waals surface area contributed by atoms with Gasteiger partial charge < -0.3 is 14.8 Å². The second-order valence-electron chi connectivity index (χ2n) is 4.43. The first-order valence-electron chi connectivity index (χ1n) is 6.62. The molecule has 0 radical (unpaired) electrons. The quantitative estimate of drug-likeness (QED) is 0.563. The SMILES string of the molecule is COCCNCc1cccc(F)c1Oc1ccccc1I. The number of para-hydroxylation sites is 2. The van der Waals surface area contributed by atoms with Gasteiger partial charge in [0.05, 0.1) is 10.2 Å². The van der Waals surface area contributed by atoms with Crippen molar-refractivity contribution in [3.05, 3.63) is 57.4 Å². The Bertz CT molecular complexity index is 592. The summed E-state index contributed by atoms with van der Waals surface area (Å²) >= 11 is 2.17. The number of ether oxygens (including phenoxy) is 2. The van der Waals surface area contributed by atoms with E-state index in [1.165, 1.54) is 6.07 Å². The fourth-order valence-corrected chi connectivity index (χ4v) is 2.34. The first-order chi connectivity index (χ1) is 10.2. The van der Waals surface area contributed by atoms with Crippen LogP contribution in [0.1, 0.15) is 5.56 Å². The van der Waals surface area contributed by atoms with Gasteiger partial charge in [-0.2, -0.15) is 0 Å². The van der Waals surface area contributed by atoms with E-state index in [-0.39, 0.29) is 11.6 Å². The van der Waals surface area contributed by atoms with E-state index in [9.17, 15) is 4.39 Å². The Balaban J connectivity index is 2.16. The van der Waals surface area contributed by atoms with E-state index < -0.39 is 0 Å². The fraction of sp³-hybridized carbons (Fsp3) is 0.250. The monoisotopic (exact) mass is 401 g/mol. The molecule has 0 unspecified atom stereocenters. The summed E-state index contributed by atoms with van der Waals surface area (Å²) in [5.41, 5.74) is 0.783. The summed E-state index contributed by atoms with van der Waals surface area (Å²) in [5.74, 6) is 0.563. The summed E-state index contributed by atoms with van der Waals surface area (Å²) in [5, 5.41) is 3.20. The van der Waals surface area contributed by atoms with Gasteiger partial charge in [0.15, 0.2) is 11.6 Å². The summed E-state index contributed by atoms with van der Waals surface area (Å²) < 4.78 is 25.8. The second-order valence-corrected chi connectivity index (χ2v) is 5.59. The predicted molar refractivity (Wildman–Crippen MR) is 89.2 cm³/mol. The first-order valence-corrected chi connectivity index (χ1v) is 7.69. The van der Waals surface area contributed by atoms with E-state index >= 15 is 0 Å². The third-order valence-electron chi connectivity index (χ3n) is 2.90. The summed E-state index contributed by atoms with van der Waals surface area (Å²) in [4.78, 5) is 0. The lowest BCUT2D eigenvalue weighted by Gasteiger charge is -2.13. The maximum Gasteiger partial charge on any atom is 0.167 e. The minimum atomic E-state index is -0.360. The molecule has 0 saturated carbocycles. The maximum absolute atomic E-state index is 14.1. The Labute approximate surface area is 137 Å². The average molecular weight is 401 g/mol. The molecule has 112 valence electrons. The Kier molecular flexibility index (Phi) is 6.41. The molecule has 0 spiro atoms. The molecule has 1 N–H and O–H groups in total. The highest BCUT2D eigenvalue weighted by molar-refractivity contribution is 14.1. The van der Waals surface area contributed by atoms with Crippen LogP contribution < -0.4 is 10.1 Å². The molecule has 0 heterocycles. The predicted octanol–water partition coefficient (Wildman–Crippen LogP) is 3.96. The first kappa shape index (κ1) is 16.2. The summed E-state index contributed by atoms with van der Waals surface area (Å²) in [7, 11) is 1.65. The Morgan fingerprint density at radius 2 is 1.95 bits per heavy atom.